The van der Waals surface area contributed by atoms with Gasteiger partial charge in [-0.25, -0.2) is 17.5 Å². The zero-order chi connectivity index (χ0) is 23.0. The van der Waals surface area contributed by atoms with Crippen molar-refractivity contribution in [3.05, 3.63) is 30.1 Å². The number of halogens is 1. The molecule has 3 N–H and O–H groups in total. The maximum absolute atomic E-state index is 13.0. The van der Waals surface area contributed by atoms with E-state index in [0.29, 0.717) is 32.2 Å². The fraction of sp³-hybridized carbons (Fsp3) is 0.619. The topological polar surface area (TPSA) is 108 Å². The number of nitrogens with zero attached hydrogens (tertiary/aromatic N) is 1. The van der Waals surface area contributed by atoms with Gasteiger partial charge in [0, 0.05) is 25.6 Å². The molecular formula is C21H33FN4O4S. The van der Waals surface area contributed by atoms with Gasteiger partial charge in [-0.05, 0) is 76.9 Å². The summed E-state index contributed by atoms with van der Waals surface area (Å²) in [5, 5.41) is 5.57. The van der Waals surface area contributed by atoms with Gasteiger partial charge >= 0.3 is 0 Å². The zero-order valence-corrected chi connectivity index (χ0v) is 19.2. The molecule has 174 valence electrons. The van der Waals surface area contributed by atoms with E-state index in [9.17, 15) is 22.4 Å². The minimum Gasteiger partial charge on any atom is -0.353 e. The molecule has 0 bridgehead atoms. The van der Waals surface area contributed by atoms with E-state index in [4.69, 9.17) is 0 Å². The lowest BCUT2D eigenvalue weighted by atomic mass is 9.81. The molecule has 1 aliphatic carbocycles. The van der Waals surface area contributed by atoms with Crippen molar-refractivity contribution in [2.75, 3.05) is 33.7 Å². The molecule has 0 heterocycles. The Labute approximate surface area is 184 Å². The quantitative estimate of drug-likeness (QED) is 0.489. The van der Waals surface area contributed by atoms with Crippen LogP contribution in [0.2, 0.25) is 0 Å². The fourth-order valence-corrected chi connectivity index (χ4v) is 4.62. The summed E-state index contributed by atoms with van der Waals surface area (Å²) in [6, 6.07) is 4.09. The predicted octanol–water partition coefficient (Wildman–Crippen LogP) is 1.09. The Kier molecular flexibility index (Phi) is 9.39. The molecule has 1 saturated carbocycles. The number of hydrogen-bond acceptors (Lipinski definition) is 5. The number of rotatable bonds is 10. The smallest absolute Gasteiger partial charge is 0.242 e. The van der Waals surface area contributed by atoms with Crippen LogP contribution in [0.5, 0.6) is 0 Å². The molecule has 1 aromatic carbocycles. The third kappa shape index (κ3) is 8.19. The van der Waals surface area contributed by atoms with Crippen LogP contribution >= 0.6 is 0 Å². The highest BCUT2D eigenvalue weighted by Gasteiger charge is 2.29. The van der Waals surface area contributed by atoms with Crippen LogP contribution in [-0.4, -0.2) is 64.9 Å². The molecular weight excluding hydrogens is 423 g/mol. The number of amides is 2. The summed E-state index contributed by atoms with van der Waals surface area (Å²) in [6.07, 6.45) is 2.72. The van der Waals surface area contributed by atoms with Crippen molar-refractivity contribution < 1.29 is 22.4 Å². The highest BCUT2D eigenvalue weighted by molar-refractivity contribution is 7.89. The minimum absolute atomic E-state index is 0.0276. The van der Waals surface area contributed by atoms with E-state index < -0.39 is 21.9 Å². The third-order valence-electron chi connectivity index (χ3n) is 5.51. The van der Waals surface area contributed by atoms with Crippen molar-refractivity contribution in [3.8, 4) is 0 Å². The van der Waals surface area contributed by atoms with Gasteiger partial charge in [0.1, 0.15) is 11.9 Å². The molecule has 2 rings (SSSR count). The first kappa shape index (κ1) is 25.2. The Bertz CT molecular complexity index is 837. The summed E-state index contributed by atoms with van der Waals surface area (Å²) >= 11 is 0. The van der Waals surface area contributed by atoms with Crippen LogP contribution < -0.4 is 15.4 Å². The molecule has 0 radical (unpaired) electrons. The molecule has 2 amide bonds. The molecule has 0 aromatic heterocycles. The Balaban J connectivity index is 1.73. The van der Waals surface area contributed by atoms with Crippen molar-refractivity contribution in [1.82, 2.24) is 20.3 Å². The highest BCUT2D eigenvalue weighted by atomic mass is 32.2. The van der Waals surface area contributed by atoms with Crippen LogP contribution in [0.15, 0.2) is 29.2 Å². The second kappa shape index (κ2) is 11.5. The first-order valence-corrected chi connectivity index (χ1v) is 12.0. The molecule has 1 aliphatic rings. The van der Waals surface area contributed by atoms with E-state index >= 15 is 0 Å². The lowest BCUT2D eigenvalue weighted by Gasteiger charge is -2.28. The molecule has 1 aromatic rings. The van der Waals surface area contributed by atoms with Gasteiger partial charge in [0.25, 0.3) is 0 Å². The van der Waals surface area contributed by atoms with Crippen molar-refractivity contribution in [3.63, 3.8) is 0 Å². The van der Waals surface area contributed by atoms with Gasteiger partial charge < -0.3 is 15.5 Å². The maximum atomic E-state index is 13.0. The van der Waals surface area contributed by atoms with E-state index in [0.717, 1.165) is 18.7 Å². The molecule has 10 heteroatoms. The van der Waals surface area contributed by atoms with E-state index in [-0.39, 0.29) is 35.1 Å². The molecule has 0 saturated heterocycles. The average Bonchev–Trinajstić information content (AvgIpc) is 2.72. The van der Waals surface area contributed by atoms with Crippen LogP contribution in [0.4, 0.5) is 4.39 Å². The van der Waals surface area contributed by atoms with E-state index in [1.165, 1.54) is 12.1 Å². The second-order valence-corrected chi connectivity index (χ2v) is 10.1. The monoisotopic (exact) mass is 456 g/mol. The minimum atomic E-state index is -3.69. The predicted molar refractivity (Wildman–Crippen MR) is 116 cm³/mol. The largest absolute Gasteiger partial charge is 0.353 e. The van der Waals surface area contributed by atoms with E-state index in [2.05, 4.69) is 15.4 Å². The summed E-state index contributed by atoms with van der Waals surface area (Å²) in [7, 11) is 0.148. The van der Waals surface area contributed by atoms with E-state index in [1.807, 2.05) is 19.0 Å². The molecule has 0 spiro atoms. The van der Waals surface area contributed by atoms with E-state index in [1.54, 1.807) is 6.92 Å². The molecule has 8 nitrogen and oxygen atoms in total. The maximum Gasteiger partial charge on any atom is 0.242 e. The van der Waals surface area contributed by atoms with Gasteiger partial charge in [0.15, 0.2) is 0 Å². The number of sulfonamides is 1. The number of carbonyl (C=O) groups is 2. The standard InChI is InChI=1S/C21H33FN4O4S/c1-15(20(27)23-12-13-26(2)3)25-21(28)17-6-4-16(5-7-17)14-24-31(29,30)19-10-8-18(22)9-11-19/h8-11,15-17,24H,4-7,12-14H2,1-3H3,(H,23,27)(H,25,28). The summed E-state index contributed by atoms with van der Waals surface area (Å²) in [4.78, 5) is 26.6. The number of carbonyl (C=O) groups excluding carboxylic acids is 2. The van der Waals surface area contributed by atoms with Crippen LogP contribution in [0.25, 0.3) is 0 Å². The Morgan fingerprint density at radius 3 is 2.32 bits per heavy atom. The Morgan fingerprint density at radius 1 is 1.13 bits per heavy atom. The Hall–Kier alpha value is -2.04. The van der Waals surface area contributed by atoms with Gasteiger partial charge in [-0.2, -0.15) is 0 Å². The summed E-state index contributed by atoms with van der Waals surface area (Å²) in [6.45, 7) is 3.18. The van der Waals surface area contributed by atoms with Gasteiger partial charge in [0.05, 0.1) is 4.90 Å². The van der Waals surface area contributed by atoms with Crippen molar-refractivity contribution in [2.45, 2.75) is 43.5 Å². The van der Waals surface area contributed by atoms with Crippen molar-refractivity contribution in [1.29, 1.82) is 0 Å². The zero-order valence-electron chi connectivity index (χ0n) is 18.4. The number of nitrogens with one attached hydrogen (secondary N) is 3. The van der Waals surface area contributed by atoms with Gasteiger partial charge in [-0.15, -0.1) is 0 Å². The normalized spacial score (nSPS) is 20.3. The summed E-state index contributed by atoms with van der Waals surface area (Å²) in [5.41, 5.74) is 0. The number of benzene rings is 1. The van der Waals surface area contributed by atoms with Crippen molar-refractivity contribution in [2.24, 2.45) is 11.8 Å². The fourth-order valence-electron chi connectivity index (χ4n) is 3.51. The third-order valence-corrected chi connectivity index (χ3v) is 6.95. The lowest BCUT2D eigenvalue weighted by molar-refractivity contribution is -0.131. The van der Waals surface area contributed by atoms with Gasteiger partial charge in [-0.1, -0.05) is 0 Å². The number of hydrogen-bond donors (Lipinski definition) is 3. The second-order valence-electron chi connectivity index (χ2n) is 8.35. The first-order chi connectivity index (χ1) is 14.6. The van der Waals surface area contributed by atoms with Crippen LogP contribution in [0.3, 0.4) is 0 Å². The lowest BCUT2D eigenvalue weighted by Crippen LogP contribution is -2.48. The summed E-state index contributed by atoms with van der Waals surface area (Å²) in [5.74, 6) is -0.886. The first-order valence-electron chi connectivity index (χ1n) is 10.6. The molecule has 1 fully saturated rings. The Morgan fingerprint density at radius 2 is 1.74 bits per heavy atom. The molecule has 0 aliphatic heterocycles. The summed E-state index contributed by atoms with van der Waals surface area (Å²) < 4.78 is 40.2. The molecule has 1 unspecified atom stereocenters. The molecule has 31 heavy (non-hydrogen) atoms. The molecule has 1 atom stereocenters. The van der Waals surface area contributed by atoms with Crippen molar-refractivity contribution >= 4 is 21.8 Å². The van der Waals surface area contributed by atoms with Crippen LogP contribution in [-0.2, 0) is 19.6 Å². The highest BCUT2D eigenvalue weighted by Crippen LogP contribution is 2.29. The van der Waals surface area contributed by atoms with Crippen LogP contribution in [0.1, 0.15) is 32.6 Å². The number of likely N-dealkylation sites (N-methyl/N-ethyl adjacent to an activating group) is 1. The van der Waals surface area contributed by atoms with Crippen LogP contribution in [0, 0.1) is 17.7 Å². The van der Waals surface area contributed by atoms with Gasteiger partial charge in [-0.3, -0.25) is 9.59 Å². The average molecular weight is 457 g/mol. The van der Waals surface area contributed by atoms with Gasteiger partial charge in [0.2, 0.25) is 21.8 Å². The SMILES string of the molecule is CC(NC(=O)C1CCC(CNS(=O)(=O)c2ccc(F)cc2)CC1)C(=O)NCCN(C)C.